The fourth-order valence-electron chi connectivity index (χ4n) is 4.50. The standard InChI is InChI=1S/C24H29N3O6/c1-3-21(28)26-11-9-24(10-12-26)27(23(30)17-6-4-7-18(14-17)31-2)20(16-33-24)22(29)25-15-19-8-5-13-32-19/h4-8,13-14,20H,3,9-12,15-16H2,1-2H3,(H,25,29). The van der Waals surface area contributed by atoms with Crippen LogP contribution in [0, 0.1) is 0 Å². The number of piperidine rings is 1. The molecule has 0 aliphatic carbocycles. The van der Waals surface area contributed by atoms with Crippen LogP contribution < -0.4 is 10.1 Å². The van der Waals surface area contributed by atoms with E-state index in [-0.39, 0.29) is 30.9 Å². The van der Waals surface area contributed by atoms with Gasteiger partial charge in [-0.2, -0.15) is 0 Å². The highest BCUT2D eigenvalue weighted by Gasteiger charge is 2.54. The molecule has 4 rings (SSSR count). The molecule has 1 unspecified atom stereocenters. The van der Waals surface area contributed by atoms with E-state index in [0.717, 1.165) is 0 Å². The molecule has 2 fully saturated rings. The average molecular weight is 456 g/mol. The summed E-state index contributed by atoms with van der Waals surface area (Å²) >= 11 is 0. The first-order valence-electron chi connectivity index (χ1n) is 11.2. The highest BCUT2D eigenvalue weighted by Crippen LogP contribution is 2.39. The first-order valence-corrected chi connectivity index (χ1v) is 11.2. The Morgan fingerprint density at radius 2 is 1.97 bits per heavy atom. The zero-order chi connectivity index (χ0) is 23.4. The Balaban J connectivity index is 1.59. The number of likely N-dealkylation sites (tertiary alicyclic amines) is 1. The predicted octanol–water partition coefficient (Wildman–Crippen LogP) is 2.17. The summed E-state index contributed by atoms with van der Waals surface area (Å²) in [5.41, 5.74) is -0.535. The van der Waals surface area contributed by atoms with Gasteiger partial charge in [0.15, 0.2) is 0 Å². The van der Waals surface area contributed by atoms with Gasteiger partial charge in [0.2, 0.25) is 11.8 Å². The zero-order valence-corrected chi connectivity index (χ0v) is 18.9. The minimum absolute atomic E-state index is 0.0706. The maximum Gasteiger partial charge on any atom is 0.257 e. The highest BCUT2D eigenvalue weighted by atomic mass is 16.5. The van der Waals surface area contributed by atoms with Crippen LogP contribution in [0.5, 0.6) is 5.75 Å². The highest BCUT2D eigenvalue weighted by molar-refractivity contribution is 5.98. The number of nitrogens with zero attached hydrogens (tertiary/aromatic N) is 2. The number of hydrogen-bond acceptors (Lipinski definition) is 6. The number of methoxy groups -OCH3 is 1. The molecule has 3 heterocycles. The average Bonchev–Trinajstić information content (AvgIpc) is 3.50. The molecule has 1 aromatic heterocycles. The summed E-state index contributed by atoms with van der Waals surface area (Å²) in [7, 11) is 1.54. The van der Waals surface area contributed by atoms with E-state index in [9.17, 15) is 14.4 Å². The summed E-state index contributed by atoms with van der Waals surface area (Å²) in [6.45, 7) is 3.07. The van der Waals surface area contributed by atoms with Gasteiger partial charge in [0.05, 0.1) is 26.5 Å². The first kappa shape index (κ1) is 22.8. The number of ether oxygens (including phenoxy) is 2. The lowest BCUT2D eigenvalue weighted by atomic mass is 9.96. The lowest BCUT2D eigenvalue weighted by Crippen LogP contribution is -2.59. The molecule has 0 radical (unpaired) electrons. The molecule has 0 saturated carbocycles. The topological polar surface area (TPSA) is 101 Å². The molecule has 2 saturated heterocycles. The van der Waals surface area contributed by atoms with Crippen LogP contribution in [0.25, 0.3) is 0 Å². The quantitative estimate of drug-likeness (QED) is 0.717. The monoisotopic (exact) mass is 455 g/mol. The van der Waals surface area contributed by atoms with Gasteiger partial charge in [-0.25, -0.2) is 0 Å². The Morgan fingerprint density at radius 1 is 1.18 bits per heavy atom. The molecule has 3 amide bonds. The smallest absolute Gasteiger partial charge is 0.257 e. The SMILES string of the molecule is CCC(=O)N1CCC2(CC1)OCC(C(=O)NCc1ccco1)N2C(=O)c1cccc(OC)c1. The molecule has 1 aromatic carbocycles. The van der Waals surface area contributed by atoms with Crippen molar-refractivity contribution in [2.45, 2.75) is 44.5 Å². The maximum atomic E-state index is 13.7. The van der Waals surface area contributed by atoms with Gasteiger partial charge in [-0.1, -0.05) is 13.0 Å². The van der Waals surface area contributed by atoms with E-state index >= 15 is 0 Å². The van der Waals surface area contributed by atoms with E-state index < -0.39 is 11.8 Å². The van der Waals surface area contributed by atoms with Gasteiger partial charge < -0.3 is 24.1 Å². The minimum atomic E-state index is -0.947. The summed E-state index contributed by atoms with van der Waals surface area (Å²) in [4.78, 5) is 42.4. The molecule has 1 atom stereocenters. The molecule has 2 aliphatic heterocycles. The van der Waals surface area contributed by atoms with Gasteiger partial charge in [0.1, 0.15) is 23.3 Å². The molecular formula is C24H29N3O6. The number of nitrogens with one attached hydrogen (secondary N) is 1. The van der Waals surface area contributed by atoms with E-state index in [4.69, 9.17) is 13.9 Å². The largest absolute Gasteiger partial charge is 0.497 e. The molecule has 2 aliphatic rings. The number of benzene rings is 1. The van der Waals surface area contributed by atoms with Crippen LogP contribution >= 0.6 is 0 Å². The summed E-state index contributed by atoms with van der Waals surface area (Å²) < 4.78 is 16.7. The second-order valence-corrected chi connectivity index (χ2v) is 8.21. The van der Waals surface area contributed by atoms with E-state index in [0.29, 0.717) is 49.4 Å². The molecule has 176 valence electrons. The Labute approximate surface area is 192 Å². The van der Waals surface area contributed by atoms with Crippen molar-refractivity contribution in [1.29, 1.82) is 0 Å². The van der Waals surface area contributed by atoms with Gasteiger partial charge in [0.25, 0.3) is 5.91 Å². The van der Waals surface area contributed by atoms with Crippen molar-refractivity contribution >= 4 is 17.7 Å². The Bertz CT molecular complexity index is 997. The van der Waals surface area contributed by atoms with E-state index in [1.807, 2.05) is 6.92 Å². The summed E-state index contributed by atoms with van der Waals surface area (Å²) in [6.07, 6.45) is 2.85. The number of carbonyl (C=O) groups excluding carboxylic acids is 3. The second-order valence-electron chi connectivity index (χ2n) is 8.21. The van der Waals surface area contributed by atoms with Gasteiger partial charge in [-0.15, -0.1) is 0 Å². The lowest BCUT2D eigenvalue weighted by molar-refractivity contribution is -0.143. The van der Waals surface area contributed by atoms with Crippen LogP contribution in [-0.4, -0.2) is 66.1 Å². The van der Waals surface area contributed by atoms with Crippen molar-refractivity contribution in [3.63, 3.8) is 0 Å². The van der Waals surface area contributed by atoms with Crippen LogP contribution in [0.3, 0.4) is 0 Å². The zero-order valence-electron chi connectivity index (χ0n) is 18.9. The first-order chi connectivity index (χ1) is 16.0. The van der Waals surface area contributed by atoms with Crippen molar-refractivity contribution in [1.82, 2.24) is 15.1 Å². The van der Waals surface area contributed by atoms with Crippen molar-refractivity contribution in [3.8, 4) is 5.75 Å². The fraction of sp³-hybridized carbons (Fsp3) is 0.458. The molecule has 9 nitrogen and oxygen atoms in total. The van der Waals surface area contributed by atoms with Gasteiger partial charge >= 0.3 is 0 Å². The summed E-state index contributed by atoms with van der Waals surface area (Å²) in [6, 6.07) is 9.57. The number of hydrogen-bond donors (Lipinski definition) is 1. The predicted molar refractivity (Wildman–Crippen MR) is 118 cm³/mol. The molecule has 9 heteroatoms. The van der Waals surface area contributed by atoms with E-state index in [1.54, 1.807) is 52.5 Å². The van der Waals surface area contributed by atoms with Crippen LogP contribution in [-0.2, 0) is 20.9 Å². The minimum Gasteiger partial charge on any atom is -0.497 e. The van der Waals surface area contributed by atoms with E-state index in [1.165, 1.54) is 7.11 Å². The lowest BCUT2D eigenvalue weighted by Gasteiger charge is -2.44. The van der Waals surface area contributed by atoms with Gasteiger partial charge in [-0.3, -0.25) is 19.3 Å². The third kappa shape index (κ3) is 4.59. The summed E-state index contributed by atoms with van der Waals surface area (Å²) in [5.74, 6) is 0.624. The normalized spacial score (nSPS) is 19.5. The number of furan rings is 1. The molecule has 0 bridgehead atoms. The molecule has 2 aromatic rings. The number of rotatable bonds is 6. The Hall–Kier alpha value is -3.33. The van der Waals surface area contributed by atoms with Crippen LogP contribution in [0.4, 0.5) is 0 Å². The van der Waals surface area contributed by atoms with Crippen molar-refractivity contribution in [3.05, 3.63) is 54.0 Å². The van der Waals surface area contributed by atoms with Crippen molar-refractivity contribution in [2.24, 2.45) is 0 Å². The van der Waals surface area contributed by atoms with Gasteiger partial charge in [0, 0.05) is 37.9 Å². The Kier molecular flexibility index (Phi) is 6.69. The second kappa shape index (κ2) is 9.66. The molecule has 1 spiro atoms. The van der Waals surface area contributed by atoms with Gasteiger partial charge in [-0.05, 0) is 30.3 Å². The maximum absolute atomic E-state index is 13.7. The van der Waals surface area contributed by atoms with Crippen LogP contribution in [0.1, 0.15) is 42.3 Å². The van der Waals surface area contributed by atoms with Crippen LogP contribution in [0.2, 0.25) is 0 Å². The molecule has 33 heavy (non-hydrogen) atoms. The molecular weight excluding hydrogens is 426 g/mol. The van der Waals surface area contributed by atoms with Crippen molar-refractivity contribution in [2.75, 3.05) is 26.8 Å². The molecule has 1 N–H and O–H groups in total. The van der Waals surface area contributed by atoms with Crippen molar-refractivity contribution < 1.29 is 28.3 Å². The third-order valence-corrected chi connectivity index (χ3v) is 6.32. The van der Waals surface area contributed by atoms with E-state index in [2.05, 4.69) is 5.32 Å². The fourth-order valence-corrected chi connectivity index (χ4v) is 4.50. The van der Waals surface area contributed by atoms with Crippen LogP contribution in [0.15, 0.2) is 47.1 Å². The Morgan fingerprint density at radius 3 is 2.64 bits per heavy atom. The summed E-state index contributed by atoms with van der Waals surface area (Å²) in [5, 5.41) is 2.85. The third-order valence-electron chi connectivity index (χ3n) is 6.32. The number of carbonyl (C=O) groups is 3. The number of amides is 3.